The van der Waals surface area contributed by atoms with Gasteiger partial charge in [-0.05, 0) is 30.5 Å². The number of carbonyl (C=O) groups excluding carboxylic acids is 2. The smallest absolute Gasteiger partial charge is 0.276 e. The first-order valence-electron chi connectivity index (χ1n) is 12.3. The summed E-state index contributed by atoms with van der Waals surface area (Å²) in [5, 5.41) is 4.54. The van der Waals surface area contributed by atoms with Crippen molar-refractivity contribution in [1.29, 1.82) is 0 Å². The number of hydrogen-bond donors (Lipinski definition) is 0. The van der Waals surface area contributed by atoms with Crippen LogP contribution in [0.5, 0.6) is 0 Å². The van der Waals surface area contributed by atoms with Crippen LogP contribution in [0.15, 0.2) is 48.7 Å². The van der Waals surface area contributed by atoms with Gasteiger partial charge in [0.05, 0.1) is 10.7 Å². The summed E-state index contributed by atoms with van der Waals surface area (Å²) in [5.41, 5.74) is 1.81. The highest BCUT2D eigenvalue weighted by atomic mass is 35.5. The van der Waals surface area contributed by atoms with Crippen LogP contribution in [0, 0.1) is 11.6 Å². The summed E-state index contributed by atoms with van der Waals surface area (Å²) in [4.78, 5) is 31.4. The maximum absolute atomic E-state index is 14.4. The van der Waals surface area contributed by atoms with E-state index in [9.17, 15) is 18.4 Å². The van der Waals surface area contributed by atoms with Gasteiger partial charge in [-0.2, -0.15) is 5.10 Å². The third kappa shape index (κ3) is 6.34. The third-order valence-electron chi connectivity index (χ3n) is 6.48. The number of fused-ring (bicyclic) bond motifs is 1. The Bertz CT molecular complexity index is 1270. The van der Waals surface area contributed by atoms with Crippen molar-refractivity contribution >= 4 is 29.1 Å². The summed E-state index contributed by atoms with van der Waals surface area (Å²) >= 11 is 6.34. The van der Waals surface area contributed by atoms with Crippen LogP contribution >= 0.6 is 11.6 Å². The average molecular weight is 530 g/mol. The number of aromatic nitrogens is 2. The number of amides is 2. The van der Waals surface area contributed by atoms with Gasteiger partial charge in [0.2, 0.25) is 5.91 Å². The fourth-order valence-electron chi connectivity index (χ4n) is 4.54. The average Bonchev–Trinajstić information content (AvgIpc) is 3.25. The molecule has 0 saturated heterocycles. The van der Waals surface area contributed by atoms with Crippen LogP contribution in [-0.2, 0) is 24.4 Å². The number of benzene rings is 2. The number of anilines is 1. The standard InChI is InChI=1S/C27H30ClF2N5O2/c1-3-34-18-22(28)26(31-34)27(37)33-13-12-32(16-20-8-5-4-6-9-20)10-7-11-35(19(2)36)25-15-24(30)23(29)14-21(25)17-33/h4-6,8-9,14-15,18H,3,7,10-13,16-17H2,1-2H3. The molecule has 0 aliphatic carbocycles. The van der Waals surface area contributed by atoms with E-state index < -0.39 is 17.5 Å². The summed E-state index contributed by atoms with van der Waals surface area (Å²) in [6.45, 7) is 6.26. The molecule has 37 heavy (non-hydrogen) atoms. The molecule has 1 aliphatic heterocycles. The molecule has 0 fully saturated rings. The first-order chi connectivity index (χ1) is 17.8. The van der Waals surface area contributed by atoms with Gasteiger partial charge in [-0.25, -0.2) is 8.78 Å². The Balaban J connectivity index is 1.73. The van der Waals surface area contributed by atoms with Crippen LogP contribution in [0.25, 0.3) is 0 Å². The van der Waals surface area contributed by atoms with Crippen molar-refractivity contribution < 1.29 is 18.4 Å². The Kier molecular flexibility index (Phi) is 8.56. The molecule has 4 rings (SSSR count). The lowest BCUT2D eigenvalue weighted by Crippen LogP contribution is -2.39. The van der Waals surface area contributed by atoms with E-state index in [-0.39, 0.29) is 28.9 Å². The molecule has 3 aromatic rings. The molecule has 2 heterocycles. The van der Waals surface area contributed by atoms with Gasteiger partial charge in [-0.3, -0.25) is 19.2 Å². The van der Waals surface area contributed by atoms with E-state index in [2.05, 4.69) is 10.00 Å². The highest BCUT2D eigenvalue weighted by molar-refractivity contribution is 6.33. The SMILES string of the molecule is CCn1cc(Cl)c(C(=O)N2CCN(Cc3ccccc3)CCCN(C(C)=O)c3cc(F)c(F)cc3C2)n1. The van der Waals surface area contributed by atoms with Gasteiger partial charge >= 0.3 is 0 Å². The second-order valence-corrected chi connectivity index (χ2v) is 9.50. The molecular weight excluding hydrogens is 500 g/mol. The van der Waals surface area contributed by atoms with E-state index >= 15 is 0 Å². The predicted molar refractivity (Wildman–Crippen MR) is 138 cm³/mol. The number of halogens is 3. The normalized spacial score (nSPS) is 15.3. The van der Waals surface area contributed by atoms with Crippen LogP contribution in [0.4, 0.5) is 14.5 Å². The van der Waals surface area contributed by atoms with Gasteiger partial charge in [-0.1, -0.05) is 41.9 Å². The van der Waals surface area contributed by atoms with Crippen LogP contribution < -0.4 is 4.90 Å². The molecule has 0 bridgehead atoms. The lowest BCUT2D eigenvalue weighted by molar-refractivity contribution is -0.116. The van der Waals surface area contributed by atoms with Crippen LogP contribution in [-0.4, -0.2) is 57.6 Å². The monoisotopic (exact) mass is 529 g/mol. The maximum atomic E-state index is 14.4. The van der Waals surface area contributed by atoms with Crippen LogP contribution in [0.3, 0.4) is 0 Å². The number of carbonyl (C=O) groups is 2. The van der Waals surface area contributed by atoms with E-state index in [1.54, 1.807) is 10.9 Å². The van der Waals surface area contributed by atoms with Crippen LogP contribution in [0.1, 0.15) is 41.9 Å². The maximum Gasteiger partial charge on any atom is 0.276 e. The lowest BCUT2D eigenvalue weighted by Gasteiger charge is -2.28. The number of aryl methyl sites for hydroxylation is 1. The Hall–Kier alpha value is -3.30. The Morgan fingerprint density at radius 2 is 1.76 bits per heavy atom. The van der Waals surface area contributed by atoms with Gasteiger partial charge in [-0.15, -0.1) is 0 Å². The largest absolute Gasteiger partial charge is 0.332 e. The van der Waals surface area contributed by atoms with E-state index in [4.69, 9.17) is 11.6 Å². The molecule has 10 heteroatoms. The van der Waals surface area contributed by atoms with Gasteiger partial charge < -0.3 is 9.80 Å². The Labute approximate surface area is 220 Å². The molecule has 0 N–H and O–H groups in total. The fraction of sp³-hybridized carbons (Fsp3) is 0.370. The van der Waals surface area contributed by atoms with Gasteiger partial charge in [0.25, 0.3) is 5.91 Å². The molecule has 0 atom stereocenters. The summed E-state index contributed by atoms with van der Waals surface area (Å²) in [6.07, 6.45) is 2.20. The quantitative estimate of drug-likeness (QED) is 0.490. The molecule has 1 aromatic heterocycles. The van der Waals surface area contributed by atoms with Gasteiger partial charge in [0, 0.05) is 65.0 Å². The Morgan fingerprint density at radius 3 is 2.43 bits per heavy atom. The van der Waals surface area contributed by atoms with E-state index in [1.807, 2.05) is 37.3 Å². The molecule has 1 aliphatic rings. The second kappa shape index (κ2) is 11.8. The fourth-order valence-corrected chi connectivity index (χ4v) is 4.77. The molecule has 0 unspecified atom stereocenters. The first-order valence-corrected chi connectivity index (χ1v) is 12.7. The van der Waals surface area contributed by atoms with Crippen molar-refractivity contribution in [2.24, 2.45) is 0 Å². The Morgan fingerprint density at radius 1 is 1.03 bits per heavy atom. The predicted octanol–water partition coefficient (Wildman–Crippen LogP) is 4.74. The highest BCUT2D eigenvalue weighted by Gasteiger charge is 2.27. The minimum absolute atomic E-state index is 0.0381. The van der Waals surface area contributed by atoms with Crippen molar-refractivity contribution in [1.82, 2.24) is 19.6 Å². The zero-order chi connectivity index (χ0) is 26.5. The molecule has 196 valence electrons. The van der Waals surface area contributed by atoms with Crippen molar-refractivity contribution in [3.05, 3.63) is 82.1 Å². The van der Waals surface area contributed by atoms with Gasteiger partial charge in [0.1, 0.15) is 0 Å². The zero-order valence-corrected chi connectivity index (χ0v) is 21.7. The van der Waals surface area contributed by atoms with Gasteiger partial charge in [0.15, 0.2) is 17.3 Å². The van der Waals surface area contributed by atoms with E-state index in [0.29, 0.717) is 51.3 Å². The zero-order valence-electron chi connectivity index (χ0n) is 21.0. The van der Waals surface area contributed by atoms with Crippen molar-refractivity contribution in [2.45, 2.75) is 39.9 Å². The second-order valence-electron chi connectivity index (χ2n) is 9.09. The van der Waals surface area contributed by atoms with Crippen LogP contribution in [0.2, 0.25) is 5.02 Å². The highest BCUT2D eigenvalue weighted by Crippen LogP contribution is 2.28. The van der Waals surface area contributed by atoms with Crippen molar-refractivity contribution in [3.63, 3.8) is 0 Å². The molecule has 0 radical (unpaired) electrons. The topological polar surface area (TPSA) is 61.7 Å². The molecule has 2 amide bonds. The first kappa shape index (κ1) is 26.8. The minimum Gasteiger partial charge on any atom is -0.332 e. The molecule has 0 spiro atoms. The summed E-state index contributed by atoms with van der Waals surface area (Å²) < 4.78 is 30.3. The minimum atomic E-state index is -1.05. The summed E-state index contributed by atoms with van der Waals surface area (Å²) in [5.74, 6) is -2.79. The van der Waals surface area contributed by atoms with Crippen molar-refractivity contribution in [3.8, 4) is 0 Å². The molecule has 0 saturated carbocycles. The number of nitrogens with zero attached hydrogens (tertiary/aromatic N) is 5. The molecule has 2 aromatic carbocycles. The summed E-state index contributed by atoms with van der Waals surface area (Å²) in [7, 11) is 0. The molecular formula is C27H30ClF2N5O2. The van der Waals surface area contributed by atoms with E-state index in [1.165, 1.54) is 16.7 Å². The lowest BCUT2D eigenvalue weighted by atomic mass is 10.1. The van der Waals surface area contributed by atoms with Crippen molar-refractivity contribution in [2.75, 3.05) is 31.1 Å². The molecule has 7 nitrogen and oxygen atoms in total. The summed E-state index contributed by atoms with van der Waals surface area (Å²) in [6, 6.07) is 12.1. The number of hydrogen-bond acceptors (Lipinski definition) is 4. The van der Waals surface area contributed by atoms with E-state index in [0.717, 1.165) is 17.7 Å². The third-order valence-corrected chi connectivity index (χ3v) is 6.75. The number of rotatable bonds is 4.